The van der Waals surface area contributed by atoms with Gasteiger partial charge in [-0.2, -0.15) is 4.98 Å². The first kappa shape index (κ1) is 24.4. The van der Waals surface area contributed by atoms with Gasteiger partial charge in [0.15, 0.2) is 17.2 Å². The van der Waals surface area contributed by atoms with Crippen molar-refractivity contribution in [2.45, 2.75) is 32.2 Å². The first-order valence-corrected chi connectivity index (χ1v) is 12.0. The summed E-state index contributed by atoms with van der Waals surface area (Å²) in [6.45, 7) is 0.206. The summed E-state index contributed by atoms with van der Waals surface area (Å²) in [6, 6.07) is 7.12. The van der Waals surface area contributed by atoms with Crippen molar-refractivity contribution in [3.8, 4) is 22.8 Å². The van der Waals surface area contributed by atoms with Crippen LogP contribution in [0.25, 0.3) is 16.8 Å². The maximum atomic E-state index is 14.6. The zero-order valence-electron chi connectivity index (χ0n) is 20.2. The van der Waals surface area contributed by atoms with Gasteiger partial charge in [0.1, 0.15) is 11.4 Å². The average molecular weight is 509 g/mol. The van der Waals surface area contributed by atoms with Gasteiger partial charge < -0.3 is 20.5 Å². The number of carbonyl (C=O) groups is 1. The molecule has 0 spiro atoms. The van der Waals surface area contributed by atoms with E-state index in [-0.39, 0.29) is 35.2 Å². The summed E-state index contributed by atoms with van der Waals surface area (Å²) < 4.78 is 41.2. The van der Waals surface area contributed by atoms with Crippen LogP contribution in [0.1, 0.15) is 41.6 Å². The maximum absolute atomic E-state index is 14.6. The summed E-state index contributed by atoms with van der Waals surface area (Å²) in [7, 11) is 1.40. The van der Waals surface area contributed by atoms with Crippen molar-refractivity contribution < 1.29 is 23.0 Å². The molecule has 5 rings (SSSR count). The number of nitrogens with zero attached hydrogens (tertiary/aromatic N) is 4. The van der Waals surface area contributed by atoms with Gasteiger partial charge in [0.2, 0.25) is 11.8 Å². The van der Waals surface area contributed by atoms with E-state index in [1.165, 1.54) is 17.7 Å². The minimum atomic E-state index is -0.798. The van der Waals surface area contributed by atoms with E-state index in [1.807, 2.05) is 0 Å². The molecule has 11 heteroatoms. The fraction of sp³-hybridized carbons (Fsp3) is 0.308. The fourth-order valence-electron chi connectivity index (χ4n) is 4.57. The number of pyridine rings is 2. The Balaban J connectivity index is 1.37. The zero-order chi connectivity index (χ0) is 25.9. The SMILES string of the molecule is COc1ncc(-c2ccn3nc(N)nc3c2)cc1C(=O)NCc1cc(F)cc(F)c1OCC1CCCC1. The van der Waals surface area contributed by atoms with Gasteiger partial charge in [0.25, 0.3) is 5.91 Å². The number of methoxy groups -OCH3 is 1. The Labute approximate surface area is 211 Å². The first-order chi connectivity index (χ1) is 17.9. The van der Waals surface area contributed by atoms with Crippen molar-refractivity contribution in [1.29, 1.82) is 0 Å². The number of hydrogen-bond donors (Lipinski definition) is 2. The zero-order valence-corrected chi connectivity index (χ0v) is 20.2. The number of nitrogen functional groups attached to an aromatic ring is 1. The van der Waals surface area contributed by atoms with E-state index in [0.717, 1.165) is 37.3 Å². The third kappa shape index (κ3) is 5.30. The molecule has 0 radical (unpaired) electrons. The van der Waals surface area contributed by atoms with Crippen molar-refractivity contribution >= 4 is 17.5 Å². The largest absolute Gasteiger partial charge is 0.490 e. The van der Waals surface area contributed by atoms with Crippen LogP contribution in [-0.2, 0) is 6.54 Å². The highest BCUT2D eigenvalue weighted by molar-refractivity contribution is 5.97. The number of halogens is 2. The molecule has 37 heavy (non-hydrogen) atoms. The van der Waals surface area contributed by atoms with E-state index in [9.17, 15) is 13.6 Å². The lowest BCUT2D eigenvalue weighted by Gasteiger charge is -2.16. The molecule has 192 valence electrons. The van der Waals surface area contributed by atoms with Gasteiger partial charge in [0.05, 0.1) is 13.7 Å². The molecule has 9 nitrogen and oxygen atoms in total. The molecule has 3 heterocycles. The number of fused-ring (bicyclic) bond motifs is 1. The van der Waals surface area contributed by atoms with E-state index in [1.54, 1.807) is 30.6 Å². The van der Waals surface area contributed by atoms with Crippen LogP contribution in [0.15, 0.2) is 42.7 Å². The normalized spacial score (nSPS) is 13.7. The minimum absolute atomic E-state index is 0.0478. The summed E-state index contributed by atoms with van der Waals surface area (Å²) >= 11 is 0. The molecule has 3 aromatic heterocycles. The van der Waals surface area contributed by atoms with Gasteiger partial charge in [-0.05, 0) is 48.6 Å². The number of anilines is 1. The minimum Gasteiger partial charge on any atom is -0.490 e. The standard InChI is InChI=1S/C26H26F2N6O3/c1-36-25-20(9-17(12-31-25)16-6-7-34-22(10-16)32-26(29)33-34)24(35)30-13-18-8-19(27)11-21(28)23(18)37-14-15-4-2-3-5-15/h6-12,15H,2-5,13-14H2,1H3,(H2,29,33)(H,30,35). The van der Waals surface area contributed by atoms with Crippen molar-refractivity contribution in [2.24, 2.45) is 5.92 Å². The molecule has 0 atom stereocenters. The highest BCUT2D eigenvalue weighted by Crippen LogP contribution is 2.30. The molecule has 1 fully saturated rings. The van der Waals surface area contributed by atoms with Crippen LogP contribution >= 0.6 is 0 Å². The van der Waals surface area contributed by atoms with E-state index >= 15 is 0 Å². The third-order valence-corrected chi connectivity index (χ3v) is 6.44. The van der Waals surface area contributed by atoms with E-state index in [4.69, 9.17) is 15.2 Å². The molecule has 1 aliphatic carbocycles. The monoisotopic (exact) mass is 508 g/mol. The second-order valence-electron chi connectivity index (χ2n) is 8.99. The molecule has 1 aliphatic rings. The Kier molecular flexibility index (Phi) is 6.85. The summed E-state index contributed by atoms with van der Waals surface area (Å²) in [5.74, 6) is -1.52. The fourth-order valence-corrected chi connectivity index (χ4v) is 4.57. The third-order valence-electron chi connectivity index (χ3n) is 6.44. The Morgan fingerprint density at radius 3 is 2.78 bits per heavy atom. The van der Waals surface area contributed by atoms with Gasteiger partial charge in [-0.1, -0.05) is 12.8 Å². The van der Waals surface area contributed by atoms with Crippen molar-refractivity contribution in [3.05, 3.63) is 65.5 Å². The molecule has 1 aromatic carbocycles. The van der Waals surface area contributed by atoms with Gasteiger partial charge in [0, 0.05) is 36.1 Å². The van der Waals surface area contributed by atoms with Crippen LogP contribution in [0, 0.1) is 17.6 Å². The van der Waals surface area contributed by atoms with E-state index in [0.29, 0.717) is 23.7 Å². The summed E-state index contributed by atoms with van der Waals surface area (Å²) in [5.41, 5.74) is 7.93. The smallest absolute Gasteiger partial charge is 0.257 e. The van der Waals surface area contributed by atoms with Crippen molar-refractivity contribution in [2.75, 3.05) is 19.5 Å². The second kappa shape index (κ2) is 10.4. The van der Waals surface area contributed by atoms with Gasteiger partial charge >= 0.3 is 0 Å². The van der Waals surface area contributed by atoms with Gasteiger partial charge in [-0.15, -0.1) is 5.10 Å². The molecule has 0 aliphatic heterocycles. The summed E-state index contributed by atoms with van der Waals surface area (Å²) in [5, 5.41) is 6.76. The van der Waals surface area contributed by atoms with Gasteiger partial charge in [-0.3, -0.25) is 4.79 Å². The van der Waals surface area contributed by atoms with Crippen LogP contribution in [0.5, 0.6) is 11.6 Å². The van der Waals surface area contributed by atoms with Gasteiger partial charge in [-0.25, -0.2) is 18.3 Å². The quantitative estimate of drug-likeness (QED) is 0.367. The Morgan fingerprint density at radius 2 is 2.00 bits per heavy atom. The van der Waals surface area contributed by atoms with E-state index in [2.05, 4.69) is 20.4 Å². The number of rotatable bonds is 8. The lowest BCUT2D eigenvalue weighted by molar-refractivity contribution is 0.0946. The first-order valence-electron chi connectivity index (χ1n) is 12.0. The number of carbonyl (C=O) groups excluding carboxylic acids is 1. The Hall–Kier alpha value is -4.28. The number of aromatic nitrogens is 4. The highest BCUT2D eigenvalue weighted by atomic mass is 19.1. The molecule has 3 N–H and O–H groups in total. The number of amides is 1. The number of benzene rings is 1. The van der Waals surface area contributed by atoms with Crippen LogP contribution in [0.2, 0.25) is 0 Å². The van der Waals surface area contributed by atoms with E-state index < -0.39 is 17.5 Å². The molecular weight excluding hydrogens is 482 g/mol. The maximum Gasteiger partial charge on any atom is 0.257 e. The van der Waals surface area contributed by atoms with Crippen molar-refractivity contribution in [3.63, 3.8) is 0 Å². The molecule has 0 bridgehead atoms. The number of nitrogens with one attached hydrogen (secondary N) is 1. The van der Waals surface area contributed by atoms with Crippen molar-refractivity contribution in [1.82, 2.24) is 24.9 Å². The van der Waals surface area contributed by atoms with Crippen LogP contribution in [0.3, 0.4) is 0 Å². The van der Waals surface area contributed by atoms with Crippen LogP contribution in [0.4, 0.5) is 14.7 Å². The Morgan fingerprint density at radius 1 is 1.19 bits per heavy atom. The number of ether oxygens (including phenoxy) is 2. The average Bonchev–Trinajstić information content (AvgIpc) is 3.54. The number of nitrogens with two attached hydrogens (primary N) is 1. The molecule has 1 amide bonds. The summed E-state index contributed by atoms with van der Waals surface area (Å²) in [6.07, 6.45) is 7.56. The molecule has 0 unspecified atom stereocenters. The van der Waals surface area contributed by atoms with Crippen LogP contribution < -0.4 is 20.5 Å². The Bertz CT molecular complexity index is 1450. The number of hydrogen-bond acceptors (Lipinski definition) is 7. The topological polar surface area (TPSA) is 117 Å². The lowest BCUT2D eigenvalue weighted by Crippen LogP contribution is -2.24. The molecule has 4 aromatic rings. The second-order valence-corrected chi connectivity index (χ2v) is 8.99. The van der Waals surface area contributed by atoms with Crippen LogP contribution in [-0.4, -0.2) is 39.2 Å². The highest BCUT2D eigenvalue weighted by Gasteiger charge is 2.21. The summed E-state index contributed by atoms with van der Waals surface area (Å²) in [4.78, 5) is 21.5. The predicted octanol–water partition coefficient (Wildman–Crippen LogP) is 4.16. The lowest BCUT2D eigenvalue weighted by atomic mass is 10.1. The molecule has 0 saturated heterocycles. The molecular formula is C26H26F2N6O3. The molecule has 1 saturated carbocycles. The predicted molar refractivity (Wildman–Crippen MR) is 132 cm³/mol.